The Kier molecular flexibility index (Phi) is 12.4. The van der Waals surface area contributed by atoms with Crippen molar-refractivity contribution in [2.75, 3.05) is 24.5 Å². The molecule has 0 saturated carbocycles. The van der Waals surface area contributed by atoms with Crippen LogP contribution in [0, 0.1) is 0 Å². The van der Waals surface area contributed by atoms with E-state index in [4.69, 9.17) is 4.74 Å². The largest absolute Gasteiger partial charge is 0.0602 e. The minimum absolute atomic E-state index is 0.155. The number of fused-ring (bicyclic) bond motifs is 14. The van der Waals surface area contributed by atoms with Crippen LogP contribution in [0.25, 0.3) is 35.2 Å². The van der Waals surface area contributed by atoms with Crippen molar-refractivity contribution in [2.24, 2.45) is 0 Å². The second-order valence-electron chi connectivity index (χ2n) is 24.7. The van der Waals surface area contributed by atoms with Crippen molar-refractivity contribution in [3.63, 3.8) is 0 Å². The van der Waals surface area contributed by atoms with Crippen LogP contribution in [-0.2, 0) is 0 Å². The van der Waals surface area contributed by atoms with Crippen LogP contribution >= 0.6 is 0 Å². The monoisotopic (exact) mass is 1430 g/mol. The van der Waals surface area contributed by atoms with Gasteiger partial charge < -0.3 is 9.80 Å². The summed E-state index contributed by atoms with van der Waals surface area (Å²) in [6.07, 6.45) is 0. The van der Waals surface area contributed by atoms with Crippen LogP contribution in [0.3, 0.4) is 0 Å². The minimum atomic E-state index is -0.625. The smallest absolute Gasteiger partial charge is 0.0380 e. The molecule has 0 radical (unpaired) electrons. The quantitative estimate of drug-likeness (QED) is 0.134. The predicted molar refractivity (Wildman–Crippen MR) is 400 cm³/mol. The summed E-state index contributed by atoms with van der Waals surface area (Å²) in [6.45, 7) is -0.335. The number of hydrogen-bond donors (Lipinski definition) is 0. The molecular formula is C84H53B2N5OTe2. The Morgan fingerprint density at radius 3 is 1.24 bits per heavy atom. The molecule has 0 fully saturated rings. The average molecular weight is 1430 g/mol. The summed E-state index contributed by atoms with van der Waals surface area (Å²) in [6, 6.07) is 120. The maximum Gasteiger partial charge on any atom is -0.0380 e. The number of rotatable bonds is 9. The molecule has 0 amide bonds. The topological polar surface area (TPSA) is 25.4 Å². The van der Waals surface area contributed by atoms with Gasteiger partial charge in [0.2, 0.25) is 0 Å². The zero-order valence-corrected chi connectivity index (χ0v) is 55.4. The zero-order valence-electron chi connectivity index (χ0n) is 50.7. The molecule has 10 heteroatoms. The van der Waals surface area contributed by atoms with Crippen molar-refractivity contribution >= 4 is 208 Å². The molecule has 438 valence electrons. The van der Waals surface area contributed by atoms with E-state index in [9.17, 15) is 0 Å². The van der Waals surface area contributed by atoms with Gasteiger partial charge in [-0.3, -0.25) is 0 Å². The molecule has 0 atom stereocenters. The van der Waals surface area contributed by atoms with Gasteiger partial charge in [0.1, 0.15) is 0 Å². The first-order valence-electron chi connectivity index (χ1n) is 32.1. The Morgan fingerprint density at radius 1 is 0.245 bits per heavy atom. The van der Waals surface area contributed by atoms with Crippen molar-refractivity contribution in [1.29, 1.82) is 0 Å². The number of benzene rings is 14. The van der Waals surface area contributed by atoms with Crippen molar-refractivity contribution < 1.29 is 4.74 Å². The van der Waals surface area contributed by atoms with Gasteiger partial charge >= 0.3 is 357 Å². The fraction of sp³-hybridized carbons (Fsp3) is 0. The molecule has 6 heterocycles. The van der Waals surface area contributed by atoms with Crippen LogP contribution < -0.4 is 62.0 Å². The van der Waals surface area contributed by atoms with Crippen molar-refractivity contribution in [1.82, 2.24) is 0 Å². The molecule has 16 aromatic rings. The van der Waals surface area contributed by atoms with Gasteiger partial charge in [-0.25, -0.2) is 0 Å². The molecule has 14 aromatic carbocycles. The molecular weight excluding hydrogens is 1370 g/mol. The maximum atomic E-state index is 7.90. The Bertz CT molecular complexity index is 5690. The summed E-state index contributed by atoms with van der Waals surface area (Å²) in [5.74, 6) is 1.70. The molecule has 0 saturated heterocycles. The van der Waals surface area contributed by atoms with E-state index in [2.05, 4.69) is 346 Å². The second-order valence-corrected chi connectivity index (χ2v) is 30.9. The van der Waals surface area contributed by atoms with E-state index in [1.807, 2.05) is 0 Å². The van der Waals surface area contributed by atoms with Crippen molar-refractivity contribution in [2.45, 2.75) is 0 Å². The normalized spacial score (nSPS) is 13.1. The zero-order chi connectivity index (χ0) is 61.5. The van der Waals surface area contributed by atoms with Crippen LogP contribution in [-0.4, -0.2) is 54.3 Å². The third-order valence-electron chi connectivity index (χ3n) is 19.6. The maximum absolute atomic E-state index is 7.90. The first kappa shape index (κ1) is 54.2. The second kappa shape index (κ2) is 21.6. The number of anilines is 15. The van der Waals surface area contributed by atoms with E-state index in [0.29, 0.717) is 0 Å². The molecule has 0 unspecified atom stereocenters. The van der Waals surface area contributed by atoms with Gasteiger partial charge in [-0.05, 0) is 66.7 Å². The van der Waals surface area contributed by atoms with Gasteiger partial charge in [-0.1, -0.05) is 91.0 Å². The van der Waals surface area contributed by atoms with Gasteiger partial charge in [0.05, 0.1) is 5.69 Å². The molecule has 0 N–H and O–H groups in total. The van der Waals surface area contributed by atoms with E-state index >= 15 is 0 Å². The average Bonchev–Trinajstić information content (AvgIpc) is 0.802. The molecule has 6 nitrogen and oxygen atoms in total. The first-order valence-corrected chi connectivity index (χ1v) is 36.8. The number of nitrogens with zero attached hydrogens (tertiary/aromatic N) is 5. The number of para-hydroxylation sites is 7. The Morgan fingerprint density at radius 2 is 0.670 bits per heavy atom. The summed E-state index contributed by atoms with van der Waals surface area (Å²) in [7, 11) is 0. The van der Waals surface area contributed by atoms with Crippen LogP contribution in [0.15, 0.2) is 322 Å². The van der Waals surface area contributed by atoms with E-state index in [0.717, 1.165) is 96.6 Å². The van der Waals surface area contributed by atoms with Gasteiger partial charge in [0, 0.05) is 39.8 Å². The standard InChI is InChI=1S/C84H53B2N5OTe2/c1-6-24-54(25-7-1)87(55-26-8-2-9-27-55)61-46-74-83-75(47-61)90(58-32-14-5-15-33-58)73-53-77-70(52-69(73)85(83)67-36-18-20-38-71(67)89(74)57-30-12-4-13-31-57)86-68-37-19-21-39-72(68)91(60-43-45-66-64-35-17-23-41-80(64)94-82(66)51-60)76-48-62(49-78(92-77)84(76)86)88(56-28-10-3-11-29-56)59-42-44-65-63-34-16-22-40-79(63)93-81(65)50-59/h1-53H. The molecule has 4 aliphatic heterocycles. The Hall–Kier alpha value is -10.4. The third kappa shape index (κ3) is 8.37. The van der Waals surface area contributed by atoms with Crippen molar-refractivity contribution in [3.05, 3.63) is 322 Å². The van der Waals surface area contributed by atoms with E-state index in [-0.39, 0.29) is 13.4 Å². The summed E-state index contributed by atoms with van der Waals surface area (Å²) in [5.41, 5.74) is 23.9. The summed E-state index contributed by atoms with van der Waals surface area (Å²) in [4.78, 5) is 12.5. The van der Waals surface area contributed by atoms with Crippen LogP contribution in [0.5, 0.6) is 11.5 Å². The molecule has 0 bridgehead atoms. The first-order chi connectivity index (χ1) is 46.6. The molecule has 2 aromatic heterocycles. The summed E-state index contributed by atoms with van der Waals surface area (Å²) < 4.78 is 13.8. The molecule has 4 aliphatic rings. The van der Waals surface area contributed by atoms with Crippen LogP contribution in [0.4, 0.5) is 85.3 Å². The summed E-state index contributed by atoms with van der Waals surface area (Å²) >= 11 is -1.23. The minimum Gasteiger partial charge on any atom is -0.0602 e. The fourth-order valence-corrected chi connectivity index (χ4v) is 22.2. The summed E-state index contributed by atoms with van der Waals surface area (Å²) in [5, 5.41) is 5.49. The molecule has 94 heavy (non-hydrogen) atoms. The van der Waals surface area contributed by atoms with Crippen LogP contribution in [0.1, 0.15) is 0 Å². The van der Waals surface area contributed by atoms with Gasteiger partial charge in [-0.15, -0.1) is 0 Å². The molecule has 20 rings (SSSR count). The third-order valence-corrected chi connectivity index (χ3v) is 26.0. The fourth-order valence-electron chi connectivity index (χ4n) is 15.7. The molecule has 0 aliphatic carbocycles. The van der Waals surface area contributed by atoms with Crippen molar-refractivity contribution in [3.8, 4) is 11.5 Å². The van der Waals surface area contributed by atoms with E-state index in [1.165, 1.54) is 68.2 Å². The van der Waals surface area contributed by atoms with Crippen LogP contribution in [0.2, 0.25) is 0 Å². The number of hydrogen-bond acceptors (Lipinski definition) is 6. The van der Waals surface area contributed by atoms with E-state index < -0.39 is 40.9 Å². The van der Waals surface area contributed by atoms with E-state index in [1.54, 1.807) is 0 Å². The Balaban J connectivity index is 0.852. The molecule has 0 spiro atoms. The number of ether oxygens (including phenoxy) is 1. The van der Waals surface area contributed by atoms with Gasteiger partial charge in [0.15, 0.2) is 0 Å². The van der Waals surface area contributed by atoms with Gasteiger partial charge in [0.25, 0.3) is 0 Å². The predicted octanol–water partition coefficient (Wildman–Crippen LogP) is 17.8. The SMILES string of the molecule is c1ccc(N(c2ccccc2)c2cc3c4c(c2)N(c2ccccc2)c2cc5c(cc2B4c2ccccc2N3c2ccccc2)B2c3ccccc3N(c3ccc4c(c3)[te]c3ccccc34)c3cc(N(c4ccccc4)c4ccc6c(c4)[te]c4ccccc46)cc(c32)O5)cc1. The van der Waals surface area contributed by atoms with Gasteiger partial charge in [-0.2, -0.15) is 0 Å². The Labute approximate surface area is 565 Å².